The second-order valence-electron chi connectivity index (χ2n) is 6.35. The number of guanidine groups is 1. The lowest BCUT2D eigenvalue weighted by Crippen LogP contribution is -2.27. The van der Waals surface area contributed by atoms with Gasteiger partial charge in [0.1, 0.15) is 0 Å². The average Bonchev–Trinajstić information content (AvgIpc) is 3.04. The van der Waals surface area contributed by atoms with Crippen LogP contribution in [0.3, 0.4) is 0 Å². The number of fused-ring (bicyclic) bond motifs is 1. The summed E-state index contributed by atoms with van der Waals surface area (Å²) in [5.41, 5.74) is 15.0. The number of anilines is 1. The summed E-state index contributed by atoms with van der Waals surface area (Å²) < 4.78 is 1.86. The second kappa shape index (κ2) is 9.02. The molecule has 1 amide bonds. The van der Waals surface area contributed by atoms with Crippen LogP contribution in [0.15, 0.2) is 35.5 Å². The molecule has 0 spiro atoms. The molecule has 1 aromatic heterocycles. The lowest BCUT2D eigenvalue weighted by atomic mass is 9.94. The number of aryl methyl sites for hydroxylation is 2. The Morgan fingerprint density at radius 2 is 2.08 bits per heavy atom. The third kappa shape index (κ3) is 4.75. The van der Waals surface area contributed by atoms with Gasteiger partial charge in [-0.3, -0.25) is 14.5 Å². The van der Waals surface area contributed by atoms with Crippen LogP contribution in [0.4, 0.5) is 5.69 Å². The number of aliphatic imine (C=N–C) groups is 1. The van der Waals surface area contributed by atoms with E-state index >= 15 is 0 Å². The number of nitrogens with two attached hydrogens (primary N) is 2. The molecule has 1 unspecified atom stereocenters. The molecule has 1 aliphatic heterocycles. The van der Waals surface area contributed by atoms with Crippen LogP contribution in [0.25, 0.3) is 0 Å². The van der Waals surface area contributed by atoms with Crippen molar-refractivity contribution in [1.29, 1.82) is 0 Å². The van der Waals surface area contributed by atoms with E-state index in [4.69, 9.17) is 11.5 Å². The number of benzene rings is 1. The van der Waals surface area contributed by atoms with E-state index in [9.17, 15) is 4.79 Å². The average molecular weight is 468 g/mol. The molecule has 0 saturated heterocycles. The van der Waals surface area contributed by atoms with E-state index in [1.165, 1.54) is 5.56 Å². The molecule has 140 valence electrons. The summed E-state index contributed by atoms with van der Waals surface area (Å²) in [6.07, 6.45) is 4.25. The first kappa shape index (κ1) is 20.2. The normalized spacial score (nSPS) is 16.5. The number of nitrogens with one attached hydrogen (secondary N) is 1. The van der Waals surface area contributed by atoms with Gasteiger partial charge in [0.05, 0.1) is 17.5 Å². The number of primary amides is 1. The van der Waals surface area contributed by atoms with E-state index in [1.54, 1.807) is 6.20 Å². The lowest BCUT2D eigenvalue weighted by molar-refractivity contribution is 0.0998. The minimum atomic E-state index is -0.429. The summed E-state index contributed by atoms with van der Waals surface area (Å²) in [6, 6.07) is 8.14. The Morgan fingerprint density at radius 3 is 2.73 bits per heavy atom. The summed E-state index contributed by atoms with van der Waals surface area (Å²) in [7, 11) is 0. The van der Waals surface area contributed by atoms with Crippen LogP contribution in [-0.2, 0) is 19.4 Å². The summed E-state index contributed by atoms with van der Waals surface area (Å²) >= 11 is 0. The molecule has 2 heterocycles. The highest BCUT2D eigenvalue weighted by atomic mass is 127. The maximum atomic E-state index is 11.5. The molecular weight excluding hydrogens is 443 g/mol. The SMILES string of the molecule is CCc1ccc(NC(N)=NCC2CCn3ncc(C(N)=O)c3C2)cc1.I. The molecule has 26 heavy (non-hydrogen) atoms. The molecule has 0 radical (unpaired) electrons. The first-order valence-corrected chi connectivity index (χ1v) is 8.57. The zero-order chi connectivity index (χ0) is 17.8. The van der Waals surface area contributed by atoms with Gasteiger partial charge in [-0.25, -0.2) is 0 Å². The van der Waals surface area contributed by atoms with Gasteiger partial charge in [-0.05, 0) is 42.9 Å². The Kier molecular flexibility index (Phi) is 7.01. The topological polar surface area (TPSA) is 111 Å². The van der Waals surface area contributed by atoms with Crippen LogP contribution in [0, 0.1) is 5.92 Å². The maximum Gasteiger partial charge on any atom is 0.252 e. The Hall–Kier alpha value is -2.10. The molecular formula is C18H25IN6O. The summed E-state index contributed by atoms with van der Waals surface area (Å²) in [4.78, 5) is 15.9. The van der Waals surface area contributed by atoms with Crippen LogP contribution < -0.4 is 16.8 Å². The number of carbonyl (C=O) groups is 1. The highest BCUT2D eigenvalue weighted by Crippen LogP contribution is 2.23. The van der Waals surface area contributed by atoms with Gasteiger partial charge in [-0.15, -0.1) is 24.0 Å². The molecule has 0 aliphatic carbocycles. The second-order valence-corrected chi connectivity index (χ2v) is 6.35. The fraction of sp³-hybridized carbons (Fsp3) is 0.389. The number of rotatable bonds is 5. The number of hydrogen-bond acceptors (Lipinski definition) is 3. The Labute approximate surface area is 170 Å². The predicted octanol–water partition coefficient (Wildman–Crippen LogP) is 2.15. The van der Waals surface area contributed by atoms with E-state index in [0.717, 1.165) is 37.2 Å². The predicted molar refractivity (Wildman–Crippen MR) is 114 cm³/mol. The minimum absolute atomic E-state index is 0. The fourth-order valence-corrected chi connectivity index (χ4v) is 3.10. The minimum Gasteiger partial charge on any atom is -0.370 e. The molecule has 1 aromatic carbocycles. The largest absolute Gasteiger partial charge is 0.370 e. The first-order valence-electron chi connectivity index (χ1n) is 8.57. The van der Waals surface area contributed by atoms with Gasteiger partial charge < -0.3 is 16.8 Å². The van der Waals surface area contributed by atoms with Gasteiger partial charge in [0.2, 0.25) is 0 Å². The number of aromatic nitrogens is 2. The van der Waals surface area contributed by atoms with Crippen molar-refractivity contribution in [1.82, 2.24) is 9.78 Å². The number of halogens is 1. The van der Waals surface area contributed by atoms with Gasteiger partial charge in [-0.1, -0.05) is 19.1 Å². The summed E-state index contributed by atoms with van der Waals surface area (Å²) in [6.45, 7) is 3.50. The molecule has 8 heteroatoms. The highest BCUT2D eigenvalue weighted by molar-refractivity contribution is 14.0. The summed E-state index contributed by atoms with van der Waals surface area (Å²) in [5.74, 6) is 0.297. The van der Waals surface area contributed by atoms with Crippen LogP contribution in [0.2, 0.25) is 0 Å². The zero-order valence-electron chi connectivity index (χ0n) is 14.8. The van der Waals surface area contributed by atoms with E-state index in [0.29, 0.717) is 24.0 Å². The number of nitrogens with zero attached hydrogens (tertiary/aromatic N) is 3. The van der Waals surface area contributed by atoms with Crippen molar-refractivity contribution in [2.45, 2.75) is 32.7 Å². The number of carbonyl (C=O) groups excluding carboxylic acids is 1. The summed E-state index contributed by atoms with van der Waals surface area (Å²) in [5, 5.41) is 7.33. The first-order chi connectivity index (χ1) is 12.1. The third-order valence-corrected chi connectivity index (χ3v) is 4.60. The van der Waals surface area contributed by atoms with Gasteiger partial charge >= 0.3 is 0 Å². The van der Waals surface area contributed by atoms with Gasteiger partial charge in [-0.2, -0.15) is 5.10 Å². The Balaban J connectivity index is 0.00000243. The molecule has 3 rings (SSSR count). The molecule has 1 aliphatic rings. The maximum absolute atomic E-state index is 11.5. The Morgan fingerprint density at radius 1 is 1.35 bits per heavy atom. The van der Waals surface area contributed by atoms with E-state index in [2.05, 4.69) is 34.5 Å². The smallest absolute Gasteiger partial charge is 0.252 e. The number of hydrogen-bond donors (Lipinski definition) is 3. The van der Waals surface area contributed by atoms with Gasteiger partial charge in [0, 0.05) is 18.8 Å². The van der Waals surface area contributed by atoms with Crippen molar-refractivity contribution in [3.63, 3.8) is 0 Å². The molecule has 7 nitrogen and oxygen atoms in total. The molecule has 2 aromatic rings. The van der Waals surface area contributed by atoms with E-state index in [1.807, 2.05) is 16.8 Å². The monoisotopic (exact) mass is 468 g/mol. The fourth-order valence-electron chi connectivity index (χ4n) is 3.10. The molecule has 0 bridgehead atoms. The van der Waals surface area contributed by atoms with Crippen molar-refractivity contribution in [2.24, 2.45) is 22.4 Å². The van der Waals surface area contributed by atoms with Gasteiger partial charge in [0.15, 0.2) is 5.96 Å². The van der Waals surface area contributed by atoms with Crippen LogP contribution in [-0.4, -0.2) is 28.2 Å². The quantitative estimate of drug-likeness (QED) is 0.355. The molecule has 0 saturated carbocycles. The number of amides is 1. The highest BCUT2D eigenvalue weighted by Gasteiger charge is 2.24. The standard InChI is InChI=1S/C18H24N6O.HI/c1-2-12-3-5-14(6-4-12)23-18(20)21-10-13-7-8-24-16(9-13)15(11-22-24)17(19)25;/h3-6,11,13H,2,7-10H2,1H3,(H2,19,25)(H3,20,21,23);1H. The molecule has 0 fully saturated rings. The van der Waals surface area contributed by atoms with E-state index < -0.39 is 5.91 Å². The van der Waals surface area contributed by atoms with Crippen molar-refractivity contribution in [3.05, 3.63) is 47.3 Å². The van der Waals surface area contributed by atoms with Crippen molar-refractivity contribution in [3.8, 4) is 0 Å². The third-order valence-electron chi connectivity index (χ3n) is 4.60. The van der Waals surface area contributed by atoms with Crippen LogP contribution in [0.1, 0.15) is 35.0 Å². The van der Waals surface area contributed by atoms with Crippen molar-refractivity contribution < 1.29 is 4.79 Å². The van der Waals surface area contributed by atoms with Crippen LogP contribution in [0.5, 0.6) is 0 Å². The molecule has 5 N–H and O–H groups in total. The lowest BCUT2D eigenvalue weighted by Gasteiger charge is -2.22. The van der Waals surface area contributed by atoms with E-state index in [-0.39, 0.29) is 24.0 Å². The Bertz CT molecular complexity index is 783. The van der Waals surface area contributed by atoms with Gasteiger partial charge in [0.25, 0.3) is 5.91 Å². The van der Waals surface area contributed by atoms with Crippen molar-refractivity contribution >= 4 is 41.5 Å². The van der Waals surface area contributed by atoms with Crippen LogP contribution >= 0.6 is 24.0 Å². The van der Waals surface area contributed by atoms with Crippen molar-refractivity contribution in [2.75, 3.05) is 11.9 Å². The zero-order valence-corrected chi connectivity index (χ0v) is 17.1. The molecule has 1 atom stereocenters.